The number of halogens is 3. The Balaban J connectivity index is 2.50. The maximum absolute atomic E-state index is 15.0. The zero-order valence-corrected chi connectivity index (χ0v) is 20.9. The Bertz CT molecular complexity index is 1010. The molecule has 184 valence electrons. The Morgan fingerprint density at radius 3 is 2.47 bits per heavy atom. The monoisotopic (exact) mass is 531 g/mol. The van der Waals surface area contributed by atoms with Crippen molar-refractivity contribution in [3.05, 3.63) is 46.8 Å². The van der Waals surface area contributed by atoms with Gasteiger partial charge >= 0.3 is 11.9 Å². The fourth-order valence-corrected chi connectivity index (χ4v) is 4.46. The van der Waals surface area contributed by atoms with Gasteiger partial charge in [0.1, 0.15) is 18.3 Å². The fraction of sp³-hybridized carbons (Fsp3) is 0.391. The van der Waals surface area contributed by atoms with E-state index in [-0.39, 0.29) is 58.6 Å². The minimum absolute atomic E-state index is 0.00755. The zero-order valence-electron chi connectivity index (χ0n) is 18.5. The van der Waals surface area contributed by atoms with E-state index in [4.69, 9.17) is 32.7 Å². The number of nitrogens with zero attached hydrogens (tertiary/aromatic N) is 1. The molecule has 0 spiro atoms. The summed E-state index contributed by atoms with van der Waals surface area (Å²) in [4.78, 5) is 51.2. The van der Waals surface area contributed by atoms with Gasteiger partial charge in [-0.1, -0.05) is 24.3 Å². The summed E-state index contributed by atoms with van der Waals surface area (Å²) in [5.41, 5.74) is -0.186. The van der Waals surface area contributed by atoms with Crippen molar-refractivity contribution in [2.24, 2.45) is 0 Å². The molecule has 0 aromatic heterocycles. The van der Waals surface area contributed by atoms with E-state index in [0.29, 0.717) is 17.7 Å². The molecule has 2 amide bonds. The SMILES string of the molecule is C=CCOC(=O)C1=C(C(=O)N(C(=O)CCl)c2cc(SCC(=O)OCC)c(Cl)cc2F)CCCC1. The molecule has 0 fully saturated rings. The van der Waals surface area contributed by atoms with E-state index < -0.39 is 35.5 Å². The van der Waals surface area contributed by atoms with E-state index in [1.807, 2.05) is 0 Å². The number of imide groups is 1. The summed E-state index contributed by atoms with van der Waals surface area (Å²) in [5, 5.41) is -0.00755. The first-order valence-corrected chi connectivity index (χ1v) is 12.4. The quantitative estimate of drug-likeness (QED) is 0.185. The molecule has 7 nitrogen and oxygen atoms in total. The number of rotatable bonds is 10. The Hall–Kier alpha value is -2.36. The van der Waals surface area contributed by atoms with Crippen LogP contribution >= 0.6 is 35.0 Å². The normalized spacial score (nSPS) is 13.3. The number of benzene rings is 1. The van der Waals surface area contributed by atoms with Gasteiger partial charge in [-0.25, -0.2) is 14.1 Å². The molecule has 2 rings (SSSR count). The van der Waals surface area contributed by atoms with Crippen LogP contribution in [0, 0.1) is 5.82 Å². The number of esters is 2. The summed E-state index contributed by atoms with van der Waals surface area (Å²) in [7, 11) is 0. The molecule has 0 aliphatic heterocycles. The third-order valence-electron chi connectivity index (χ3n) is 4.76. The van der Waals surface area contributed by atoms with Gasteiger partial charge in [0.2, 0.25) is 5.91 Å². The minimum atomic E-state index is -0.940. The molecule has 1 aliphatic rings. The Morgan fingerprint density at radius 1 is 1.18 bits per heavy atom. The Kier molecular flexibility index (Phi) is 11.1. The van der Waals surface area contributed by atoms with E-state index in [1.54, 1.807) is 6.92 Å². The summed E-state index contributed by atoms with van der Waals surface area (Å²) in [6, 6.07) is 2.14. The van der Waals surface area contributed by atoms with Crippen LogP contribution in [0.15, 0.2) is 40.8 Å². The molecule has 0 heterocycles. The van der Waals surface area contributed by atoms with Crippen molar-refractivity contribution in [3.8, 4) is 0 Å². The number of carbonyl (C=O) groups is 4. The Labute approximate surface area is 211 Å². The second-order valence-corrected chi connectivity index (χ2v) is 8.74. The first kappa shape index (κ1) is 27.9. The minimum Gasteiger partial charge on any atom is -0.465 e. The third kappa shape index (κ3) is 7.07. The molecule has 0 bridgehead atoms. The number of carbonyl (C=O) groups excluding carboxylic acids is 4. The first-order chi connectivity index (χ1) is 16.2. The lowest BCUT2D eigenvalue weighted by atomic mass is 9.90. The number of alkyl halides is 1. The largest absolute Gasteiger partial charge is 0.465 e. The molecule has 1 aromatic rings. The number of hydrogen-bond acceptors (Lipinski definition) is 7. The highest BCUT2D eigenvalue weighted by atomic mass is 35.5. The van der Waals surface area contributed by atoms with Gasteiger partial charge in [0, 0.05) is 16.0 Å². The third-order valence-corrected chi connectivity index (χ3v) is 6.45. The van der Waals surface area contributed by atoms with E-state index in [0.717, 1.165) is 17.8 Å². The van der Waals surface area contributed by atoms with Crippen LogP contribution in [0.25, 0.3) is 0 Å². The summed E-state index contributed by atoms with van der Waals surface area (Å²) in [6.07, 6.45) is 3.14. The molecule has 0 unspecified atom stereocenters. The predicted molar refractivity (Wildman–Crippen MR) is 129 cm³/mol. The number of hydrogen-bond donors (Lipinski definition) is 0. The standard InChI is InChI=1S/C23H24Cl2FNO6S/c1-3-9-33-23(31)15-8-6-5-7-14(15)22(30)27(20(28)12-24)18-11-19(16(25)10-17(18)26)34-13-21(29)32-4-2/h3,10-11H,1,4-9,12-13H2,2H3. The van der Waals surface area contributed by atoms with Crippen molar-refractivity contribution in [1.82, 2.24) is 0 Å². The molecular weight excluding hydrogens is 508 g/mol. The summed E-state index contributed by atoms with van der Waals surface area (Å²) < 4.78 is 24.9. The van der Waals surface area contributed by atoms with Crippen molar-refractivity contribution < 1.29 is 33.0 Å². The van der Waals surface area contributed by atoms with Crippen LogP contribution < -0.4 is 4.90 Å². The van der Waals surface area contributed by atoms with E-state index >= 15 is 0 Å². The molecule has 0 saturated carbocycles. The molecule has 1 aliphatic carbocycles. The van der Waals surface area contributed by atoms with Crippen LogP contribution in [-0.2, 0) is 28.7 Å². The Morgan fingerprint density at radius 2 is 1.85 bits per heavy atom. The zero-order chi connectivity index (χ0) is 25.3. The van der Waals surface area contributed by atoms with Crippen molar-refractivity contribution >= 4 is 64.4 Å². The van der Waals surface area contributed by atoms with E-state index in [9.17, 15) is 23.6 Å². The highest BCUT2D eigenvalue weighted by Gasteiger charge is 2.33. The second kappa shape index (κ2) is 13.5. The predicted octanol–water partition coefficient (Wildman–Crippen LogP) is 4.83. The number of thioether (sulfide) groups is 1. The van der Waals surface area contributed by atoms with Crippen LogP contribution in [0.3, 0.4) is 0 Å². The highest BCUT2D eigenvalue weighted by Crippen LogP contribution is 2.36. The maximum Gasteiger partial charge on any atom is 0.334 e. The number of ether oxygens (including phenoxy) is 2. The average molecular weight is 532 g/mol. The molecular formula is C23H24Cl2FNO6S. The molecule has 11 heteroatoms. The number of anilines is 1. The molecule has 1 aromatic carbocycles. The molecule has 0 atom stereocenters. The molecule has 34 heavy (non-hydrogen) atoms. The fourth-order valence-electron chi connectivity index (χ4n) is 3.28. The van der Waals surface area contributed by atoms with Gasteiger partial charge in [0.15, 0.2) is 0 Å². The van der Waals surface area contributed by atoms with E-state index in [1.165, 1.54) is 12.1 Å². The number of amides is 2. The average Bonchev–Trinajstić information content (AvgIpc) is 2.83. The van der Waals surface area contributed by atoms with Crippen molar-refractivity contribution in [1.29, 1.82) is 0 Å². The first-order valence-electron chi connectivity index (χ1n) is 10.5. The van der Waals surface area contributed by atoms with Gasteiger partial charge in [0.25, 0.3) is 5.91 Å². The lowest BCUT2D eigenvalue weighted by Gasteiger charge is -2.26. The smallest absolute Gasteiger partial charge is 0.334 e. The lowest BCUT2D eigenvalue weighted by molar-refractivity contribution is -0.140. The van der Waals surface area contributed by atoms with Gasteiger partial charge in [0.05, 0.1) is 23.1 Å². The van der Waals surface area contributed by atoms with E-state index in [2.05, 4.69) is 6.58 Å². The van der Waals surface area contributed by atoms with Crippen LogP contribution in [-0.4, -0.2) is 48.6 Å². The van der Waals surface area contributed by atoms with Crippen molar-refractivity contribution in [2.75, 3.05) is 29.7 Å². The molecule has 0 saturated heterocycles. The van der Waals surface area contributed by atoms with Gasteiger partial charge in [-0.15, -0.1) is 23.4 Å². The molecule has 0 N–H and O–H groups in total. The van der Waals surface area contributed by atoms with Crippen LogP contribution in [0.5, 0.6) is 0 Å². The van der Waals surface area contributed by atoms with Gasteiger partial charge in [-0.2, -0.15) is 0 Å². The van der Waals surface area contributed by atoms with Crippen LogP contribution in [0.1, 0.15) is 32.6 Å². The van der Waals surface area contributed by atoms with Gasteiger partial charge < -0.3 is 9.47 Å². The highest BCUT2D eigenvalue weighted by molar-refractivity contribution is 8.00. The van der Waals surface area contributed by atoms with Crippen LogP contribution in [0.4, 0.5) is 10.1 Å². The maximum atomic E-state index is 15.0. The summed E-state index contributed by atoms with van der Waals surface area (Å²) >= 11 is 12.8. The van der Waals surface area contributed by atoms with Crippen molar-refractivity contribution in [2.45, 2.75) is 37.5 Å². The second-order valence-electron chi connectivity index (χ2n) is 7.05. The topological polar surface area (TPSA) is 90.0 Å². The summed E-state index contributed by atoms with van der Waals surface area (Å²) in [6.45, 7) is 5.30. The van der Waals surface area contributed by atoms with Crippen LogP contribution in [0.2, 0.25) is 5.02 Å². The summed E-state index contributed by atoms with van der Waals surface area (Å²) in [5.74, 6) is -4.60. The lowest BCUT2D eigenvalue weighted by Crippen LogP contribution is -2.40. The van der Waals surface area contributed by atoms with Gasteiger partial charge in [-0.3, -0.25) is 14.4 Å². The molecule has 0 radical (unpaired) electrons. The van der Waals surface area contributed by atoms with Crippen molar-refractivity contribution in [3.63, 3.8) is 0 Å². The van der Waals surface area contributed by atoms with Gasteiger partial charge in [-0.05, 0) is 44.7 Å².